The number of nitrogens with zero attached hydrogens (tertiary/aromatic N) is 2. The number of thiazole rings is 1. The molecule has 0 radical (unpaired) electrons. The van der Waals surface area contributed by atoms with Crippen LogP contribution in [-0.2, 0) is 17.4 Å². The van der Waals surface area contributed by atoms with E-state index in [0.717, 1.165) is 29.1 Å². The predicted octanol–water partition coefficient (Wildman–Crippen LogP) is 4.26. The van der Waals surface area contributed by atoms with Crippen LogP contribution in [0.3, 0.4) is 0 Å². The Morgan fingerprint density at radius 3 is 2.65 bits per heavy atom. The number of hydrogen-bond acceptors (Lipinski definition) is 3. The number of carbonyl (C=O) groups is 1. The first-order valence-electron chi connectivity index (χ1n) is 7.76. The standard InChI is InChI=1S/C18H16F3N3OS/c1-10-6-14(15-9-26-17(23-15)8-16(22)25)11(2)24(10)13-5-3-4-12(7-13)18(19,20)21/h3-7,9H,8H2,1-2H3,(H2,22,25). The molecule has 0 aliphatic heterocycles. The first kappa shape index (κ1) is 18.2. The summed E-state index contributed by atoms with van der Waals surface area (Å²) < 4.78 is 40.8. The van der Waals surface area contributed by atoms with Crippen LogP contribution >= 0.6 is 11.3 Å². The smallest absolute Gasteiger partial charge is 0.369 e. The van der Waals surface area contributed by atoms with E-state index in [1.54, 1.807) is 10.6 Å². The molecule has 8 heteroatoms. The molecule has 2 heterocycles. The highest BCUT2D eigenvalue weighted by molar-refractivity contribution is 7.10. The van der Waals surface area contributed by atoms with Crippen LogP contribution in [0.4, 0.5) is 13.2 Å². The quantitative estimate of drug-likeness (QED) is 0.736. The molecule has 0 saturated carbocycles. The third-order valence-electron chi connectivity index (χ3n) is 4.02. The largest absolute Gasteiger partial charge is 0.416 e. The molecule has 0 fully saturated rings. The van der Waals surface area contributed by atoms with Crippen molar-refractivity contribution < 1.29 is 18.0 Å². The molecule has 0 spiro atoms. The van der Waals surface area contributed by atoms with Gasteiger partial charge in [-0.15, -0.1) is 11.3 Å². The maximum absolute atomic E-state index is 13.0. The lowest BCUT2D eigenvalue weighted by molar-refractivity contribution is -0.137. The van der Waals surface area contributed by atoms with Crippen LogP contribution in [0.25, 0.3) is 16.9 Å². The predicted molar refractivity (Wildman–Crippen MR) is 94.3 cm³/mol. The van der Waals surface area contributed by atoms with E-state index in [9.17, 15) is 18.0 Å². The van der Waals surface area contributed by atoms with Crippen molar-refractivity contribution in [3.63, 3.8) is 0 Å². The Labute approximate surface area is 152 Å². The maximum Gasteiger partial charge on any atom is 0.416 e. The van der Waals surface area contributed by atoms with Crippen molar-refractivity contribution in [2.45, 2.75) is 26.4 Å². The van der Waals surface area contributed by atoms with Gasteiger partial charge in [0.25, 0.3) is 0 Å². The molecule has 0 aliphatic carbocycles. The number of rotatable bonds is 4. The molecule has 0 unspecified atom stereocenters. The SMILES string of the molecule is Cc1cc(-c2csc(CC(N)=O)n2)c(C)n1-c1cccc(C(F)(F)F)c1. The van der Waals surface area contributed by atoms with E-state index in [1.807, 2.05) is 25.3 Å². The molecule has 3 rings (SSSR count). The molecule has 136 valence electrons. The number of carbonyl (C=O) groups excluding carboxylic acids is 1. The van der Waals surface area contributed by atoms with E-state index >= 15 is 0 Å². The molecule has 2 N–H and O–H groups in total. The number of primary amides is 1. The Hall–Kier alpha value is -2.61. The van der Waals surface area contributed by atoms with E-state index in [1.165, 1.54) is 17.4 Å². The van der Waals surface area contributed by atoms with Gasteiger partial charge in [-0.1, -0.05) is 6.07 Å². The van der Waals surface area contributed by atoms with Crippen LogP contribution < -0.4 is 5.73 Å². The zero-order valence-corrected chi connectivity index (χ0v) is 14.9. The first-order chi connectivity index (χ1) is 12.2. The summed E-state index contributed by atoms with van der Waals surface area (Å²) in [4.78, 5) is 15.4. The normalized spacial score (nSPS) is 11.7. The van der Waals surface area contributed by atoms with E-state index in [4.69, 9.17) is 5.73 Å². The van der Waals surface area contributed by atoms with E-state index in [0.29, 0.717) is 16.4 Å². The summed E-state index contributed by atoms with van der Waals surface area (Å²) in [6.45, 7) is 3.66. The van der Waals surface area contributed by atoms with Gasteiger partial charge in [0.05, 0.1) is 17.7 Å². The third-order valence-corrected chi connectivity index (χ3v) is 4.86. The van der Waals surface area contributed by atoms with Crippen molar-refractivity contribution in [1.82, 2.24) is 9.55 Å². The van der Waals surface area contributed by atoms with Crippen LogP contribution in [0, 0.1) is 13.8 Å². The molecule has 0 atom stereocenters. The summed E-state index contributed by atoms with van der Waals surface area (Å²) in [6.07, 6.45) is -4.33. The van der Waals surface area contributed by atoms with Gasteiger partial charge in [0, 0.05) is 28.0 Å². The number of hydrogen-bond donors (Lipinski definition) is 1. The Morgan fingerprint density at radius 2 is 2.00 bits per heavy atom. The highest BCUT2D eigenvalue weighted by Crippen LogP contribution is 2.33. The van der Waals surface area contributed by atoms with Crippen LogP contribution in [0.5, 0.6) is 0 Å². The molecule has 3 aromatic rings. The second-order valence-electron chi connectivity index (χ2n) is 5.94. The zero-order valence-electron chi connectivity index (χ0n) is 14.1. The minimum atomic E-state index is -4.40. The molecule has 0 saturated heterocycles. The summed E-state index contributed by atoms with van der Waals surface area (Å²) in [5.74, 6) is -0.458. The molecular formula is C18H16F3N3OS. The Morgan fingerprint density at radius 1 is 1.27 bits per heavy atom. The number of aryl methyl sites for hydroxylation is 1. The molecule has 1 amide bonds. The van der Waals surface area contributed by atoms with E-state index in [2.05, 4.69) is 4.98 Å². The van der Waals surface area contributed by atoms with E-state index in [-0.39, 0.29) is 6.42 Å². The highest BCUT2D eigenvalue weighted by Gasteiger charge is 2.30. The van der Waals surface area contributed by atoms with E-state index < -0.39 is 17.6 Å². The van der Waals surface area contributed by atoms with Gasteiger partial charge in [0.2, 0.25) is 5.91 Å². The lowest BCUT2D eigenvalue weighted by atomic mass is 10.2. The lowest BCUT2D eigenvalue weighted by Gasteiger charge is -2.13. The average Bonchev–Trinajstić information content (AvgIpc) is 3.10. The third kappa shape index (κ3) is 3.50. The molecule has 4 nitrogen and oxygen atoms in total. The summed E-state index contributed by atoms with van der Waals surface area (Å²) in [5.41, 5.74) is 7.99. The molecule has 0 aliphatic rings. The Kier molecular flexibility index (Phi) is 4.62. The van der Waals surface area contributed by atoms with Gasteiger partial charge in [-0.05, 0) is 38.1 Å². The van der Waals surface area contributed by atoms with Crippen LogP contribution in [0.15, 0.2) is 35.7 Å². The van der Waals surface area contributed by atoms with Gasteiger partial charge in [-0.25, -0.2) is 4.98 Å². The van der Waals surface area contributed by atoms with Gasteiger partial charge < -0.3 is 10.3 Å². The number of nitrogens with two attached hydrogens (primary N) is 1. The molecule has 1 aromatic carbocycles. The van der Waals surface area contributed by atoms with Gasteiger partial charge in [0.15, 0.2) is 0 Å². The van der Waals surface area contributed by atoms with Gasteiger partial charge in [-0.2, -0.15) is 13.2 Å². The lowest BCUT2D eigenvalue weighted by Crippen LogP contribution is -2.13. The minimum Gasteiger partial charge on any atom is -0.369 e. The van der Waals surface area contributed by atoms with Crippen molar-refractivity contribution in [3.8, 4) is 16.9 Å². The second-order valence-corrected chi connectivity index (χ2v) is 6.88. The number of benzene rings is 1. The van der Waals surface area contributed by atoms with Crippen LogP contribution in [0.2, 0.25) is 0 Å². The van der Waals surface area contributed by atoms with Crippen molar-refractivity contribution >= 4 is 17.2 Å². The first-order valence-corrected chi connectivity index (χ1v) is 8.64. The topological polar surface area (TPSA) is 60.9 Å². The van der Waals surface area contributed by atoms with Gasteiger partial charge in [-0.3, -0.25) is 4.79 Å². The summed E-state index contributed by atoms with van der Waals surface area (Å²) in [6, 6.07) is 7.08. The average molecular weight is 379 g/mol. The number of halogens is 3. The van der Waals surface area contributed by atoms with Gasteiger partial charge in [0.1, 0.15) is 5.01 Å². The Balaban J connectivity index is 2.04. The van der Waals surface area contributed by atoms with Crippen molar-refractivity contribution in [1.29, 1.82) is 0 Å². The number of amides is 1. The molecule has 0 bridgehead atoms. The molecule has 2 aromatic heterocycles. The molecule has 26 heavy (non-hydrogen) atoms. The van der Waals surface area contributed by atoms with Crippen molar-refractivity contribution in [2.75, 3.05) is 0 Å². The number of aromatic nitrogens is 2. The summed E-state index contributed by atoms with van der Waals surface area (Å²) in [7, 11) is 0. The van der Waals surface area contributed by atoms with Crippen LogP contribution in [0.1, 0.15) is 22.0 Å². The fourth-order valence-corrected chi connectivity index (χ4v) is 3.71. The fourth-order valence-electron chi connectivity index (χ4n) is 2.91. The number of alkyl halides is 3. The van der Waals surface area contributed by atoms with Gasteiger partial charge >= 0.3 is 6.18 Å². The van der Waals surface area contributed by atoms with Crippen LogP contribution in [-0.4, -0.2) is 15.5 Å². The minimum absolute atomic E-state index is 0.0665. The van der Waals surface area contributed by atoms with Crippen molar-refractivity contribution in [3.05, 3.63) is 57.7 Å². The highest BCUT2D eigenvalue weighted by atomic mass is 32.1. The maximum atomic E-state index is 13.0. The summed E-state index contributed by atoms with van der Waals surface area (Å²) in [5, 5.41) is 2.42. The summed E-state index contributed by atoms with van der Waals surface area (Å²) >= 11 is 1.33. The van der Waals surface area contributed by atoms with Crippen molar-refractivity contribution in [2.24, 2.45) is 5.73 Å². The Bertz CT molecular complexity index is 972. The second kappa shape index (κ2) is 6.60. The fraction of sp³-hybridized carbons (Fsp3) is 0.222. The molecular weight excluding hydrogens is 363 g/mol. The zero-order chi connectivity index (χ0) is 19.1. The monoisotopic (exact) mass is 379 g/mol.